The van der Waals surface area contributed by atoms with Crippen LogP contribution in [0.4, 0.5) is 19.1 Å². The van der Waals surface area contributed by atoms with Crippen LogP contribution in [0.2, 0.25) is 0 Å². The fraction of sp³-hybridized carbons (Fsp3) is 0.200. The maximum Gasteiger partial charge on any atom is 0.433 e. The van der Waals surface area contributed by atoms with Gasteiger partial charge in [0.15, 0.2) is 6.61 Å². The zero-order chi connectivity index (χ0) is 22.9. The molecule has 0 spiro atoms. The van der Waals surface area contributed by atoms with Crippen molar-refractivity contribution in [1.82, 2.24) is 4.57 Å². The fourth-order valence-corrected chi connectivity index (χ4v) is 3.08. The van der Waals surface area contributed by atoms with E-state index in [9.17, 15) is 32.9 Å². The number of aromatic nitrogens is 1. The van der Waals surface area contributed by atoms with E-state index >= 15 is 0 Å². The van der Waals surface area contributed by atoms with Crippen molar-refractivity contribution in [3.63, 3.8) is 0 Å². The van der Waals surface area contributed by atoms with E-state index in [0.29, 0.717) is 11.4 Å². The Morgan fingerprint density at radius 1 is 1.16 bits per heavy atom. The molecule has 3 rings (SSSR count). The van der Waals surface area contributed by atoms with Gasteiger partial charge in [-0.25, -0.2) is 4.79 Å². The predicted molar refractivity (Wildman–Crippen MR) is 100 cm³/mol. The Labute approximate surface area is 173 Å². The molecule has 0 saturated carbocycles. The third-order valence-electron chi connectivity index (χ3n) is 4.47. The summed E-state index contributed by atoms with van der Waals surface area (Å²) in [6.07, 6.45) is -4.52. The van der Waals surface area contributed by atoms with E-state index < -0.39 is 46.7 Å². The number of ether oxygens (including phenoxy) is 1. The molecule has 0 aliphatic carbocycles. The van der Waals surface area contributed by atoms with E-state index in [2.05, 4.69) is 0 Å². The van der Waals surface area contributed by atoms with E-state index in [1.807, 2.05) is 0 Å². The molecule has 0 radical (unpaired) electrons. The monoisotopic (exact) mass is 436 g/mol. The van der Waals surface area contributed by atoms with Gasteiger partial charge in [-0.2, -0.15) is 13.2 Å². The summed E-state index contributed by atoms with van der Waals surface area (Å²) < 4.78 is 50.1. The Kier molecular flexibility index (Phi) is 5.69. The second-order valence-corrected chi connectivity index (χ2v) is 6.56. The van der Waals surface area contributed by atoms with Gasteiger partial charge in [0.1, 0.15) is 4.92 Å². The summed E-state index contributed by atoms with van der Waals surface area (Å²) in [6.45, 7) is 2.50. The van der Waals surface area contributed by atoms with Gasteiger partial charge >= 0.3 is 18.0 Å². The predicted octanol–water partition coefficient (Wildman–Crippen LogP) is 4.65. The molecule has 1 aromatic carbocycles. The molecular weight excluding hydrogens is 421 g/mol. The zero-order valence-electron chi connectivity index (χ0n) is 16.2. The summed E-state index contributed by atoms with van der Waals surface area (Å²) in [7, 11) is 0. The Bertz CT molecular complexity index is 1180. The quantitative estimate of drug-likeness (QED) is 0.241. The summed E-state index contributed by atoms with van der Waals surface area (Å²) in [5.74, 6) is -2.74. The van der Waals surface area contributed by atoms with Crippen LogP contribution in [0, 0.1) is 24.0 Å². The highest BCUT2D eigenvalue weighted by Gasteiger charge is 2.31. The highest BCUT2D eigenvalue weighted by atomic mass is 19.4. The Morgan fingerprint density at radius 3 is 2.48 bits per heavy atom. The minimum atomic E-state index is -4.52. The van der Waals surface area contributed by atoms with Crippen molar-refractivity contribution in [2.45, 2.75) is 20.0 Å². The average Bonchev–Trinajstić information content (AvgIpc) is 3.30. The number of carbonyl (C=O) groups is 2. The van der Waals surface area contributed by atoms with Crippen LogP contribution in [-0.4, -0.2) is 27.8 Å². The Morgan fingerprint density at radius 2 is 1.87 bits per heavy atom. The van der Waals surface area contributed by atoms with E-state index in [1.165, 1.54) is 22.8 Å². The first-order valence-corrected chi connectivity index (χ1v) is 8.80. The van der Waals surface area contributed by atoms with Crippen LogP contribution in [0.1, 0.15) is 37.9 Å². The van der Waals surface area contributed by atoms with Gasteiger partial charge in [-0.15, -0.1) is 0 Å². The first-order valence-electron chi connectivity index (χ1n) is 8.80. The van der Waals surface area contributed by atoms with Gasteiger partial charge in [0.2, 0.25) is 11.5 Å². The number of benzene rings is 1. The molecule has 0 N–H and O–H groups in total. The lowest BCUT2D eigenvalue weighted by Crippen LogP contribution is -2.14. The van der Waals surface area contributed by atoms with E-state index in [-0.39, 0.29) is 11.3 Å². The molecule has 0 fully saturated rings. The molecular formula is C20H15F3N2O6. The van der Waals surface area contributed by atoms with Gasteiger partial charge < -0.3 is 13.7 Å². The number of esters is 1. The van der Waals surface area contributed by atoms with Gasteiger partial charge in [0.05, 0.1) is 11.6 Å². The number of nitrogens with zero attached hydrogens (tertiary/aromatic N) is 2. The molecule has 0 saturated heterocycles. The Balaban J connectivity index is 1.79. The standard InChI is InChI=1S/C20H15F3N2O6/c1-11-8-15(12(2)24(11)14-5-3-4-13(9-14)20(21,22)23)16(26)10-30-19(27)17-6-7-18(31-17)25(28)29/h3-9H,10H2,1-2H3. The molecule has 2 heterocycles. The second-order valence-electron chi connectivity index (χ2n) is 6.56. The van der Waals surface area contributed by atoms with Crippen molar-refractivity contribution < 1.29 is 36.8 Å². The van der Waals surface area contributed by atoms with E-state index in [0.717, 1.165) is 24.3 Å². The van der Waals surface area contributed by atoms with Crippen molar-refractivity contribution >= 4 is 17.6 Å². The molecule has 0 aliphatic rings. The van der Waals surface area contributed by atoms with Crippen LogP contribution in [0.3, 0.4) is 0 Å². The van der Waals surface area contributed by atoms with Crippen molar-refractivity contribution in [3.05, 3.63) is 80.9 Å². The number of aryl methyl sites for hydroxylation is 1. The molecule has 0 unspecified atom stereocenters. The molecule has 2 aromatic heterocycles. The van der Waals surface area contributed by atoms with E-state index in [1.54, 1.807) is 13.8 Å². The van der Waals surface area contributed by atoms with Crippen LogP contribution in [0.25, 0.3) is 5.69 Å². The first-order chi connectivity index (χ1) is 14.5. The fourth-order valence-electron chi connectivity index (χ4n) is 3.08. The van der Waals surface area contributed by atoms with Crippen molar-refractivity contribution in [3.8, 4) is 5.69 Å². The summed E-state index contributed by atoms with van der Waals surface area (Å²) in [5.41, 5.74) is 0.434. The number of hydrogen-bond donors (Lipinski definition) is 0. The molecule has 0 aliphatic heterocycles. The normalized spacial score (nSPS) is 11.4. The lowest BCUT2D eigenvalue weighted by molar-refractivity contribution is -0.402. The summed E-state index contributed by atoms with van der Waals surface area (Å²) >= 11 is 0. The SMILES string of the molecule is Cc1cc(C(=O)COC(=O)c2ccc([N+](=O)[O-])o2)c(C)n1-c1cccc(C(F)(F)F)c1. The maximum absolute atomic E-state index is 13.0. The van der Waals surface area contributed by atoms with Crippen molar-refractivity contribution in [2.75, 3.05) is 6.61 Å². The number of carbonyl (C=O) groups excluding carboxylic acids is 2. The summed E-state index contributed by atoms with van der Waals surface area (Å²) in [6, 6.07) is 8.16. The number of Topliss-reactive ketones (excluding diaryl/α,β-unsaturated/α-hetero) is 1. The highest BCUT2D eigenvalue weighted by Crippen LogP contribution is 2.31. The topological polar surface area (TPSA) is 105 Å². The van der Waals surface area contributed by atoms with Gasteiger partial charge in [0.25, 0.3) is 0 Å². The van der Waals surface area contributed by atoms with Crippen LogP contribution < -0.4 is 0 Å². The second kappa shape index (κ2) is 8.09. The minimum absolute atomic E-state index is 0.160. The van der Waals surface area contributed by atoms with E-state index in [4.69, 9.17) is 9.15 Å². The largest absolute Gasteiger partial charge is 0.451 e. The van der Waals surface area contributed by atoms with Gasteiger partial charge in [-0.05, 0) is 44.2 Å². The van der Waals surface area contributed by atoms with Crippen molar-refractivity contribution in [1.29, 1.82) is 0 Å². The van der Waals surface area contributed by atoms with Crippen LogP contribution in [-0.2, 0) is 10.9 Å². The van der Waals surface area contributed by atoms with Gasteiger partial charge in [0, 0.05) is 22.6 Å². The third-order valence-corrected chi connectivity index (χ3v) is 4.47. The summed E-state index contributed by atoms with van der Waals surface area (Å²) in [4.78, 5) is 34.2. The zero-order valence-corrected chi connectivity index (χ0v) is 16.2. The van der Waals surface area contributed by atoms with Crippen molar-refractivity contribution in [2.24, 2.45) is 0 Å². The summed E-state index contributed by atoms with van der Waals surface area (Å²) in [5, 5.41) is 10.6. The average molecular weight is 436 g/mol. The first kappa shape index (κ1) is 21.8. The lowest BCUT2D eigenvalue weighted by Gasteiger charge is -2.13. The minimum Gasteiger partial charge on any atom is -0.451 e. The van der Waals surface area contributed by atoms with Gasteiger partial charge in [-0.3, -0.25) is 14.9 Å². The highest BCUT2D eigenvalue weighted by molar-refractivity contribution is 6.00. The molecule has 8 nitrogen and oxygen atoms in total. The molecule has 0 atom stereocenters. The lowest BCUT2D eigenvalue weighted by atomic mass is 10.1. The number of rotatable bonds is 6. The molecule has 31 heavy (non-hydrogen) atoms. The van der Waals surface area contributed by atoms with Crippen LogP contribution in [0.15, 0.2) is 46.9 Å². The number of nitro groups is 1. The Hall–Kier alpha value is -3.89. The number of ketones is 1. The molecule has 0 amide bonds. The molecule has 3 aromatic rings. The van der Waals surface area contributed by atoms with Crippen LogP contribution >= 0.6 is 0 Å². The number of alkyl halides is 3. The maximum atomic E-state index is 13.0. The molecule has 162 valence electrons. The van der Waals surface area contributed by atoms with Gasteiger partial charge in [-0.1, -0.05) is 6.07 Å². The number of hydrogen-bond acceptors (Lipinski definition) is 6. The molecule has 0 bridgehead atoms. The number of furan rings is 1. The smallest absolute Gasteiger partial charge is 0.433 e. The van der Waals surface area contributed by atoms with Crippen LogP contribution in [0.5, 0.6) is 0 Å². The number of halogens is 3. The molecule has 11 heteroatoms. The third kappa shape index (κ3) is 4.49.